The van der Waals surface area contributed by atoms with Crippen molar-refractivity contribution < 1.29 is 16.8 Å². The average Bonchev–Trinajstić information content (AvgIpc) is 2.54. The number of rotatable bonds is 6. The van der Waals surface area contributed by atoms with Gasteiger partial charge in [0, 0.05) is 19.6 Å². The Morgan fingerprint density at radius 1 is 1.09 bits per heavy atom. The second-order valence-electron chi connectivity index (χ2n) is 5.41. The Hall–Kier alpha value is -0.960. The van der Waals surface area contributed by atoms with Crippen LogP contribution in [0.5, 0.6) is 0 Å². The van der Waals surface area contributed by atoms with Crippen LogP contribution in [0.3, 0.4) is 0 Å². The van der Waals surface area contributed by atoms with Crippen LogP contribution in [0.1, 0.15) is 19.8 Å². The van der Waals surface area contributed by atoms with Crippen molar-refractivity contribution in [2.45, 2.75) is 24.7 Å². The number of sulfonamides is 2. The smallest absolute Gasteiger partial charge is 0.215 e. The zero-order valence-electron chi connectivity index (χ0n) is 12.6. The molecule has 124 valence electrons. The predicted molar refractivity (Wildman–Crippen MR) is 85.4 cm³/mol. The molecule has 1 saturated heterocycles. The van der Waals surface area contributed by atoms with Gasteiger partial charge in [0.25, 0.3) is 0 Å². The Morgan fingerprint density at radius 2 is 1.68 bits per heavy atom. The average molecular weight is 346 g/mol. The molecule has 0 atom stereocenters. The van der Waals surface area contributed by atoms with Gasteiger partial charge >= 0.3 is 0 Å². The van der Waals surface area contributed by atoms with E-state index in [1.165, 1.54) is 4.31 Å². The van der Waals surface area contributed by atoms with Crippen LogP contribution in [-0.4, -0.2) is 46.5 Å². The number of benzene rings is 1. The molecule has 1 fully saturated rings. The summed E-state index contributed by atoms with van der Waals surface area (Å²) in [5.41, 5.74) is 0. The fourth-order valence-electron chi connectivity index (χ4n) is 2.44. The molecule has 1 aliphatic heterocycles. The van der Waals surface area contributed by atoms with E-state index in [0.717, 1.165) is 0 Å². The molecule has 1 heterocycles. The van der Waals surface area contributed by atoms with E-state index >= 15 is 0 Å². The SMILES string of the molecule is CCS(=O)(=O)NCC1CCN(S(=O)(=O)c2ccccc2)CC1. The summed E-state index contributed by atoms with van der Waals surface area (Å²) in [5.74, 6) is 0.248. The molecule has 8 heteroatoms. The van der Waals surface area contributed by atoms with E-state index in [0.29, 0.717) is 37.4 Å². The van der Waals surface area contributed by atoms with Crippen molar-refractivity contribution in [3.05, 3.63) is 30.3 Å². The molecule has 6 nitrogen and oxygen atoms in total. The summed E-state index contributed by atoms with van der Waals surface area (Å²) >= 11 is 0. The third-order valence-electron chi connectivity index (χ3n) is 3.93. The first-order valence-electron chi connectivity index (χ1n) is 7.37. The van der Waals surface area contributed by atoms with E-state index in [-0.39, 0.29) is 11.7 Å². The second-order valence-corrected chi connectivity index (χ2v) is 9.45. The molecule has 0 aliphatic carbocycles. The molecule has 0 bridgehead atoms. The quantitative estimate of drug-likeness (QED) is 0.834. The first kappa shape index (κ1) is 17.4. The van der Waals surface area contributed by atoms with Crippen LogP contribution in [0.4, 0.5) is 0 Å². The summed E-state index contributed by atoms with van der Waals surface area (Å²) in [6, 6.07) is 8.39. The Labute approximate surface area is 132 Å². The lowest BCUT2D eigenvalue weighted by Gasteiger charge is -2.31. The molecule has 1 N–H and O–H groups in total. The minimum atomic E-state index is -3.44. The number of nitrogens with one attached hydrogen (secondary N) is 1. The van der Waals surface area contributed by atoms with Gasteiger partial charge < -0.3 is 0 Å². The summed E-state index contributed by atoms with van der Waals surface area (Å²) < 4.78 is 51.9. The molecule has 0 unspecified atom stereocenters. The maximum absolute atomic E-state index is 12.5. The van der Waals surface area contributed by atoms with Gasteiger partial charge in [-0.05, 0) is 37.8 Å². The molecular formula is C14H22N2O4S2. The summed E-state index contributed by atoms with van der Waals surface area (Å²) in [5, 5.41) is 0. The summed E-state index contributed by atoms with van der Waals surface area (Å²) in [6.45, 7) is 2.83. The maximum Gasteiger partial charge on any atom is 0.243 e. The molecule has 0 spiro atoms. The van der Waals surface area contributed by atoms with Crippen LogP contribution >= 0.6 is 0 Å². The number of hydrogen-bond acceptors (Lipinski definition) is 4. The van der Waals surface area contributed by atoms with E-state index in [2.05, 4.69) is 4.72 Å². The van der Waals surface area contributed by atoms with Crippen molar-refractivity contribution in [1.29, 1.82) is 0 Å². The van der Waals surface area contributed by atoms with Crippen molar-refractivity contribution in [3.8, 4) is 0 Å². The highest BCUT2D eigenvalue weighted by Crippen LogP contribution is 2.23. The summed E-state index contributed by atoms with van der Waals surface area (Å²) in [4.78, 5) is 0.306. The van der Waals surface area contributed by atoms with Crippen LogP contribution in [0.25, 0.3) is 0 Å². The monoisotopic (exact) mass is 346 g/mol. The van der Waals surface area contributed by atoms with E-state index in [1.54, 1.807) is 37.3 Å². The van der Waals surface area contributed by atoms with Crippen molar-refractivity contribution in [2.24, 2.45) is 5.92 Å². The van der Waals surface area contributed by atoms with Crippen LogP contribution in [-0.2, 0) is 20.0 Å². The molecule has 22 heavy (non-hydrogen) atoms. The Balaban J connectivity index is 1.92. The Morgan fingerprint density at radius 3 is 2.23 bits per heavy atom. The van der Waals surface area contributed by atoms with Crippen molar-refractivity contribution in [2.75, 3.05) is 25.4 Å². The maximum atomic E-state index is 12.5. The van der Waals surface area contributed by atoms with Crippen LogP contribution in [0.2, 0.25) is 0 Å². The van der Waals surface area contributed by atoms with Crippen LogP contribution < -0.4 is 4.72 Å². The second kappa shape index (κ2) is 7.08. The molecule has 1 aromatic carbocycles. The van der Waals surface area contributed by atoms with Gasteiger partial charge in [-0.15, -0.1) is 0 Å². The molecule has 0 radical (unpaired) electrons. The summed E-state index contributed by atoms with van der Waals surface area (Å²) in [7, 11) is -6.62. The zero-order valence-corrected chi connectivity index (χ0v) is 14.2. The van der Waals surface area contributed by atoms with Crippen LogP contribution in [0, 0.1) is 5.92 Å². The molecule has 1 aromatic rings. The number of nitrogens with zero attached hydrogens (tertiary/aromatic N) is 1. The molecule has 1 aliphatic rings. The lowest BCUT2D eigenvalue weighted by atomic mass is 9.99. The predicted octanol–water partition coefficient (Wildman–Crippen LogP) is 1.03. The summed E-state index contributed by atoms with van der Waals surface area (Å²) in [6.07, 6.45) is 1.33. The lowest BCUT2D eigenvalue weighted by molar-refractivity contribution is 0.274. The standard InChI is InChI=1S/C14H22N2O4S2/c1-2-21(17,18)15-12-13-8-10-16(11-9-13)22(19,20)14-6-4-3-5-7-14/h3-7,13,15H,2,8-12H2,1H3. The van der Waals surface area contributed by atoms with E-state index in [4.69, 9.17) is 0 Å². The molecule has 0 amide bonds. The van der Waals surface area contributed by atoms with Gasteiger partial charge in [0.15, 0.2) is 0 Å². The van der Waals surface area contributed by atoms with Gasteiger partial charge in [-0.1, -0.05) is 18.2 Å². The fraction of sp³-hybridized carbons (Fsp3) is 0.571. The number of hydrogen-bond donors (Lipinski definition) is 1. The third-order valence-corrected chi connectivity index (χ3v) is 7.21. The van der Waals surface area contributed by atoms with Gasteiger partial charge in [0.2, 0.25) is 20.0 Å². The normalized spacial score (nSPS) is 18.4. The molecular weight excluding hydrogens is 324 g/mol. The highest BCUT2D eigenvalue weighted by atomic mass is 32.2. The first-order valence-corrected chi connectivity index (χ1v) is 10.5. The lowest BCUT2D eigenvalue weighted by Crippen LogP contribution is -2.41. The zero-order chi connectivity index (χ0) is 16.2. The van der Waals surface area contributed by atoms with Crippen molar-refractivity contribution in [3.63, 3.8) is 0 Å². The van der Waals surface area contributed by atoms with Gasteiger partial charge in [0.05, 0.1) is 10.6 Å². The van der Waals surface area contributed by atoms with E-state index in [9.17, 15) is 16.8 Å². The first-order chi connectivity index (χ1) is 10.3. The largest absolute Gasteiger partial charge is 0.243 e. The van der Waals surface area contributed by atoms with Gasteiger partial charge in [-0.3, -0.25) is 0 Å². The molecule has 0 saturated carbocycles. The van der Waals surface area contributed by atoms with Gasteiger partial charge in [0.1, 0.15) is 0 Å². The van der Waals surface area contributed by atoms with Crippen molar-refractivity contribution >= 4 is 20.0 Å². The third kappa shape index (κ3) is 4.28. The minimum Gasteiger partial charge on any atom is -0.215 e. The highest BCUT2D eigenvalue weighted by molar-refractivity contribution is 7.89. The molecule has 0 aromatic heterocycles. The van der Waals surface area contributed by atoms with Gasteiger partial charge in [-0.2, -0.15) is 4.31 Å². The highest BCUT2D eigenvalue weighted by Gasteiger charge is 2.29. The van der Waals surface area contributed by atoms with E-state index in [1.807, 2.05) is 0 Å². The Bertz CT molecular complexity index is 679. The fourth-order valence-corrected chi connectivity index (χ4v) is 4.63. The Kier molecular flexibility index (Phi) is 5.60. The topological polar surface area (TPSA) is 83.6 Å². The van der Waals surface area contributed by atoms with Gasteiger partial charge in [-0.25, -0.2) is 21.6 Å². The van der Waals surface area contributed by atoms with Crippen molar-refractivity contribution in [1.82, 2.24) is 9.03 Å². The molecule has 2 rings (SSSR count). The minimum absolute atomic E-state index is 0.0637. The van der Waals surface area contributed by atoms with E-state index < -0.39 is 20.0 Å². The number of piperidine rings is 1. The van der Waals surface area contributed by atoms with Crippen LogP contribution in [0.15, 0.2) is 35.2 Å².